The van der Waals surface area contributed by atoms with Crippen LogP contribution in [-0.4, -0.2) is 19.5 Å². The minimum absolute atomic E-state index is 0.0832. The van der Waals surface area contributed by atoms with E-state index in [2.05, 4.69) is 217 Å². The van der Waals surface area contributed by atoms with Gasteiger partial charge in [-0.3, -0.25) is 0 Å². The molecule has 16 rings (SSSR count). The van der Waals surface area contributed by atoms with Gasteiger partial charge in [0.2, 0.25) is 0 Å². The van der Waals surface area contributed by atoms with E-state index in [0.717, 1.165) is 85.6 Å². The molecule has 2 aliphatic carbocycles. The van der Waals surface area contributed by atoms with Crippen LogP contribution in [0.4, 0.5) is 0 Å². The van der Waals surface area contributed by atoms with Crippen LogP contribution in [0.2, 0.25) is 0 Å². The largest absolute Gasteiger partial charge is 0.453 e. The van der Waals surface area contributed by atoms with Crippen LogP contribution < -0.4 is 0 Å². The third-order valence-electron chi connectivity index (χ3n) is 15.9. The highest BCUT2D eigenvalue weighted by Gasteiger charge is 2.31. The fraction of sp³-hybridized carbons (Fsp3) is 0.0597. The van der Waals surface area contributed by atoms with Crippen LogP contribution in [0.3, 0.4) is 0 Å². The summed E-state index contributed by atoms with van der Waals surface area (Å²) in [4.78, 5) is 16.9. The number of rotatable bonds is 4. The maximum atomic E-state index is 7.42. The molecule has 0 amide bonds. The fourth-order valence-corrected chi connectivity index (χ4v) is 12.6. The summed E-state index contributed by atoms with van der Waals surface area (Å²) in [6.07, 6.45) is 2.64. The average molecular weight is 919 g/mol. The molecule has 14 aromatic rings. The summed E-state index contributed by atoms with van der Waals surface area (Å²) in [5.41, 5.74) is 16.9. The van der Waals surface area contributed by atoms with Crippen LogP contribution in [0.1, 0.15) is 40.4 Å². The van der Waals surface area contributed by atoms with Crippen LogP contribution in [0.15, 0.2) is 217 Å². The van der Waals surface area contributed by atoms with Gasteiger partial charge in [-0.05, 0) is 127 Å². The lowest BCUT2D eigenvalue weighted by molar-refractivity contribution is 0.670. The molecule has 11 aromatic carbocycles. The monoisotopic (exact) mass is 918 g/mol. The maximum absolute atomic E-state index is 7.42. The SMILES string of the molecule is c1ccc2c(c1)CCC(c1nc(-c3cccc4c3-c3ccccc3C4)nc(-c3ccc(-n4c5cc6ccccc6cc5c5c6ccccc6ccc54)c4oc5c6ccccc6ccc5c34)n1)c1ccccc1-2. The van der Waals surface area contributed by atoms with E-state index in [0.29, 0.717) is 11.6 Å². The second-order valence-electron chi connectivity index (χ2n) is 19.7. The molecular weight excluding hydrogens is 877 g/mol. The van der Waals surface area contributed by atoms with Crippen molar-refractivity contribution in [3.05, 3.63) is 240 Å². The molecule has 5 nitrogen and oxygen atoms in total. The zero-order valence-electron chi connectivity index (χ0n) is 39.1. The van der Waals surface area contributed by atoms with Crippen LogP contribution in [-0.2, 0) is 12.8 Å². The Kier molecular flexibility index (Phi) is 8.34. The molecule has 0 fully saturated rings. The van der Waals surface area contributed by atoms with Gasteiger partial charge in [0.25, 0.3) is 0 Å². The van der Waals surface area contributed by atoms with Crippen LogP contribution in [0.25, 0.3) is 127 Å². The van der Waals surface area contributed by atoms with Gasteiger partial charge in [-0.2, -0.15) is 0 Å². The van der Waals surface area contributed by atoms with Crippen molar-refractivity contribution in [1.82, 2.24) is 19.5 Å². The molecule has 2 aliphatic rings. The summed E-state index contributed by atoms with van der Waals surface area (Å²) in [5.74, 6) is 2.00. The van der Waals surface area contributed by atoms with Gasteiger partial charge in [-0.15, -0.1) is 0 Å². The van der Waals surface area contributed by atoms with Crippen molar-refractivity contribution in [2.24, 2.45) is 0 Å². The molecule has 3 heterocycles. The summed E-state index contributed by atoms with van der Waals surface area (Å²) in [7, 11) is 0. The standard InChI is InChI=1S/C67H42N4O/c1-2-18-43-38-59-56(37-42(43)17-1)61-47-22-8-4-15-40(47)30-34-57(61)71(59)58-35-33-55(62-53-32-29-41-16-5-10-24-49(41)63(53)72-64(58)62)67-69-65(52-31-28-39-14-3-7-21-46(39)50-25-11-12-26-51(50)52)68-66(70-67)54-27-13-20-45-36-44-19-6-9-23-48(44)60(45)54/h1-27,29-30,32-35,37-38,52H,28,31,36H2. The zero-order chi connectivity index (χ0) is 47.0. The maximum Gasteiger partial charge on any atom is 0.164 e. The Morgan fingerprint density at radius 2 is 1.06 bits per heavy atom. The Bertz CT molecular complexity index is 4630. The summed E-state index contributed by atoms with van der Waals surface area (Å²) < 4.78 is 9.85. The van der Waals surface area contributed by atoms with Gasteiger partial charge in [0.15, 0.2) is 17.2 Å². The molecule has 72 heavy (non-hydrogen) atoms. The van der Waals surface area contributed by atoms with Crippen molar-refractivity contribution in [1.29, 1.82) is 0 Å². The van der Waals surface area contributed by atoms with E-state index in [9.17, 15) is 0 Å². The van der Waals surface area contributed by atoms with E-state index in [4.69, 9.17) is 19.4 Å². The van der Waals surface area contributed by atoms with Gasteiger partial charge in [0.1, 0.15) is 11.4 Å². The highest BCUT2D eigenvalue weighted by molar-refractivity contribution is 6.25. The third-order valence-corrected chi connectivity index (χ3v) is 15.9. The number of aryl methyl sites for hydroxylation is 1. The van der Waals surface area contributed by atoms with Crippen molar-refractivity contribution in [3.8, 4) is 50.7 Å². The normalized spacial score (nSPS) is 14.1. The summed E-state index contributed by atoms with van der Waals surface area (Å²) >= 11 is 0. The Morgan fingerprint density at radius 3 is 1.92 bits per heavy atom. The van der Waals surface area contributed by atoms with Gasteiger partial charge in [0.05, 0.1) is 16.7 Å². The molecular formula is C67H42N4O. The molecule has 0 saturated carbocycles. The first-order valence-electron chi connectivity index (χ1n) is 25.1. The van der Waals surface area contributed by atoms with Crippen LogP contribution in [0.5, 0.6) is 0 Å². The Labute approximate surface area is 414 Å². The Balaban J connectivity index is 1.01. The summed E-state index contributed by atoms with van der Waals surface area (Å²) in [6, 6.07) is 77.2. The Hall–Kier alpha value is -9.19. The predicted octanol–water partition coefficient (Wildman–Crippen LogP) is 17.0. The smallest absolute Gasteiger partial charge is 0.164 e. The number of aromatic nitrogens is 4. The van der Waals surface area contributed by atoms with E-state index in [1.807, 2.05) is 0 Å². The number of hydrogen-bond donors (Lipinski definition) is 0. The average Bonchev–Trinajstić information content (AvgIpc) is 4.09. The molecule has 3 aromatic heterocycles. The first kappa shape index (κ1) is 39.6. The molecule has 0 radical (unpaired) electrons. The summed E-state index contributed by atoms with van der Waals surface area (Å²) in [6.45, 7) is 0. The number of fused-ring (bicyclic) bond motifs is 17. The molecule has 0 N–H and O–H groups in total. The molecule has 1 unspecified atom stereocenters. The molecule has 1 atom stereocenters. The van der Waals surface area contributed by atoms with Crippen molar-refractivity contribution in [3.63, 3.8) is 0 Å². The minimum Gasteiger partial charge on any atom is -0.453 e. The van der Waals surface area contributed by atoms with Crippen molar-refractivity contribution in [2.45, 2.75) is 25.2 Å². The molecule has 0 spiro atoms. The second-order valence-corrected chi connectivity index (χ2v) is 19.7. The van der Waals surface area contributed by atoms with E-state index >= 15 is 0 Å². The number of furan rings is 1. The number of nitrogens with zero attached hydrogens (tertiary/aromatic N) is 4. The first-order valence-corrected chi connectivity index (χ1v) is 25.1. The lowest BCUT2D eigenvalue weighted by atomic mass is 9.90. The van der Waals surface area contributed by atoms with E-state index in [1.165, 1.54) is 76.8 Å². The lowest BCUT2D eigenvalue weighted by Crippen LogP contribution is -2.11. The highest BCUT2D eigenvalue weighted by atomic mass is 16.3. The number of benzene rings is 11. The molecule has 5 heteroatoms. The minimum atomic E-state index is -0.0832. The third kappa shape index (κ3) is 5.73. The zero-order valence-corrected chi connectivity index (χ0v) is 39.1. The van der Waals surface area contributed by atoms with Gasteiger partial charge in [0, 0.05) is 44.0 Å². The second kappa shape index (κ2) is 15.2. The summed E-state index contributed by atoms with van der Waals surface area (Å²) in [5, 5.41) is 11.4. The Morgan fingerprint density at radius 1 is 0.403 bits per heavy atom. The number of hydrogen-bond acceptors (Lipinski definition) is 4. The van der Waals surface area contributed by atoms with Crippen LogP contribution >= 0.6 is 0 Å². The van der Waals surface area contributed by atoms with Crippen molar-refractivity contribution in [2.75, 3.05) is 0 Å². The quantitative estimate of drug-likeness (QED) is 0.176. The first-order chi connectivity index (χ1) is 35.7. The lowest BCUT2D eigenvalue weighted by Gasteiger charge is -2.19. The molecule has 0 saturated heterocycles. The van der Waals surface area contributed by atoms with E-state index in [-0.39, 0.29) is 5.92 Å². The van der Waals surface area contributed by atoms with E-state index in [1.54, 1.807) is 0 Å². The topological polar surface area (TPSA) is 56.7 Å². The van der Waals surface area contributed by atoms with E-state index < -0.39 is 0 Å². The van der Waals surface area contributed by atoms with Gasteiger partial charge in [-0.1, -0.05) is 176 Å². The molecule has 0 aliphatic heterocycles. The van der Waals surface area contributed by atoms with Crippen molar-refractivity contribution < 1.29 is 4.42 Å². The van der Waals surface area contributed by atoms with Gasteiger partial charge >= 0.3 is 0 Å². The van der Waals surface area contributed by atoms with Gasteiger partial charge < -0.3 is 8.98 Å². The van der Waals surface area contributed by atoms with Gasteiger partial charge in [-0.25, -0.2) is 15.0 Å². The predicted molar refractivity (Wildman–Crippen MR) is 295 cm³/mol. The highest BCUT2D eigenvalue weighted by Crippen LogP contribution is 2.48. The van der Waals surface area contributed by atoms with Crippen LogP contribution in [0, 0.1) is 0 Å². The molecule has 0 bridgehead atoms. The van der Waals surface area contributed by atoms with Crippen molar-refractivity contribution >= 4 is 76.1 Å². The fourth-order valence-electron chi connectivity index (χ4n) is 12.6. The molecule has 336 valence electrons.